The molecular formula is C16H18FNO. The summed E-state index contributed by atoms with van der Waals surface area (Å²) in [7, 11) is 1.52. The first kappa shape index (κ1) is 13.6. The average Bonchev–Trinajstić information content (AvgIpc) is 2.40. The molecule has 0 heterocycles. The summed E-state index contributed by atoms with van der Waals surface area (Å²) in [6.07, 6.45) is 0. The average molecular weight is 259 g/mol. The van der Waals surface area contributed by atoms with Crippen LogP contribution >= 0.6 is 0 Å². The van der Waals surface area contributed by atoms with Crippen LogP contribution in [0.1, 0.15) is 28.3 Å². The van der Waals surface area contributed by atoms with Gasteiger partial charge in [-0.05, 0) is 42.7 Å². The maximum atomic E-state index is 14.0. The number of rotatable bonds is 3. The van der Waals surface area contributed by atoms with Crippen LogP contribution in [0, 0.1) is 19.7 Å². The number of methoxy groups -OCH3 is 1. The molecule has 1 unspecified atom stereocenters. The maximum absolute atomic E-state index is 14.0. The first-order valence-electron chi connectivity index (χ1n) is 6.19. The number of ether oxygens (including phenoxy) is 1. The SMILES string of the molecule is COc1cccc(F)c1C(N)c1ccc(C)c(C)c1. The molecule has 0 spiro atoms. The molecular weight excluding hydrogens is 241 g/mol. The highest BCUT2D eigenvalue weighted by molar-refractivity contribution is 5.43. The molecule has 100 valence electrons. The van der Waals surface area contributed by atoms with Crippen molar-refractivity contribution in [2.24, 2.45) is 5.73 Å². The van der Waals surface area contributed by atoms with Crippen molar-refractivity contribution in [1.29, 1.82) is 0 Å². The monoisotopic (exact) mass is 259 g/mol. The molecule has 1 atom stereocenters. The second-order valence-electron chi connectivity index (χ2n) is 4.68. The Labute approximate surface area is 113 Å². The summed E-state index contributed by atoms with van der Waals surface area (Å²) in [5, 5.41) is 0. The van der Waals surface area contributed by atoms with Gasteiger partial charge in [0.1, 0.15) is 11.6 Å². The van der Waals surface area contributed by atoms with Crippen LogP contribution in [-0.4, -0.2) is 7.11 Å². The van der Waals surface area contributed by atoms with Gasteiger partial charge in [-0.1, -0.05) is 24.3 Å². The third-order valence-electron chi connectivity index (χ3n) is 3.43. The zero-order chi connectivity index (χ0) is 14.0. The van der Waals surface area contributed by atoms with Crippen molar-refractivity contribution >= 4 is 0 Å². The minimum atomic E-state index is -0.532. The third-order valence-corrected chi connectivity index (χ3v) is 3.43. The Morgan fingerprint density at radius 1 is 1.11 bits per heavy atom. The van der Waals surface area contributed by atoms with Crippen molar-refractivity contribution in [3.05, 3.63) is 64.5 Å². The van der Waals surface area contributed by atoms with E-state index in [0.29, 0.717) is 11.3 Å². The molecule has 0 saturated carbocycles. The van der Waals surface area contributed by atoms with Crippen LogP contribution in [0.2, 0.25) is 0 Å². The largest absolute Gasteiger partial charge is 0.496 e. The second-order valence-corrected chi connectivity index (χ2v) is 4.68. The van der Waals surface area contributed by atoms with E-state index in [4.69, 9.17) is 10.5 Å². The van der Waals surface area contributed by atoms with Crippen molar-refractivity contribution < 1.29 is 9.13 Å². The fraction of sp³-hybridized carbons (Fsp3) is 0.250. The number of halogens is 1. The summed E-state index contributed by atoms with van der Waals surface area (Å²) in [6.45, 7) is 4.05. The summed E-state index contributed by atoms with van der Waals surface area (Å²) in [4.78, 5) is 0. The molecule has 0 aliphatic carbocycles. The highest BCUT2D eigenvalue weighted by atomic mass is 19.1. The number of aryl methyl sites for hydroxylation is 2. The molecule has 19 heavy (non-hydrogen) atoms. The highest BCUT2D eigenvalue weighted by Crippen LogP contribution is 2.31. The van der Waals surface area contributed by atoms with Crippen LogP contribution < -0.4 is 10.5 Å². The minimum absolute atomic E-state index is 0.343. The summed E-state index contributed by atoms with van der Waals surface area (Å²) in [5.74, 6) is 0.135. The van der Waals surface area contributed by atoms with Gasteiger partial charge in [-0.15, -0.1) is 0 Å². The van der Waals surface area contributed by atoms with Crippen molar-refractivity contribution in [3.63, 3.8) is 0 Å². The molecule has 0 radical (unpaired) electrons. The predicted octanol–water partition coefficient (Wildman–Crippen LogP) is 3.50. The number of hydrogen-bond acceptors (Lipinski definition) is 2. The fourth-order valence-electron chi connectivity index (χ4n) is 2.12. The lowest BCUT2D eigenvalue weighted by Crippen LogP contribution is -2.15. The Morgan fingerprint density at radius 3 is 2.47 bits per heavy atom. The zero-order valence-electron chi connectivity index (χ0n) is 11.4. The number of nitrogens with two attached hydrogens (primary N) is 1. The Bertz CT molecular complexity index is 595. The predicted molar refractivity (Wildman–Crippen MR) is 74.9 cm³/mol. The summed E-state index contributed by atoms with van der Waals surface area (Å²) in [5.41, 5.74) is 9.80. The first-order valence-corrected chi connectivity index (χ1v) is 6.19. The fourth-order valence-corrected chi connectivity index (χ4v) is 2.12. The van der Waals surface area contributed by atoms with E-state index in [1.165, 1.54) is 18.7 Å². The van der Waals surface area contributed by atoms with E-state index >= 15 is 0 Å². The molecule has 2 rings (SSSR count). The lowest BCUT2D eigenvalue weighted by molar-refractivity contribution is 0.402. The van der Waals surface area contributed by atoms with Gasteiger partial charge in [0.25, 0.3) is 0 Å². The maximum Gasteiger partial charge on any atom is 0.132 e. The molecule has 2 nitrogen and oxygen atoms in total. The van der Waals surface area contributed by atoms with Gasteiger partial charge in [-0.25, -0.2) is 4.39 Å². The van der Waals surface area contributed by atoms with Crippen LogP contribution in [0.5, 0.6) is 5.75 Å². The van der Waals surface area contributed by atoms with Gasteiger partial charge in [-0.2, -0.15) is 0 Å². The van der Waals surface area contributed by atoms with Gasteiger partial charge >= 0.3 is 0 Å². The molecule has 0 aromatic heterocycles. The molecule has 0 aliphatic rings. The van der Waals surface area contributed by atoms with Crippen molar-refractivity contribution in [3.8, 4) is 5.75 Å². The summed E-state index contributed by atoms with van der Waals surface area (Å²) < 4.78 is 19.2. The lowest BCUT2D eigenvalue weighted by Gasteiger charge is -2.17. The van der Waals surface area contributed by atoms with Gasteiger partial charge in [-0.3, -0.25) is 0 Å². The standard InChI is InChI=1S/C16H18FNO/c1-10-7-8-12(9-11(10)2)16(18)15-13(17)5-4-6-14(15)19-3/h4-9,16H,18H2,1-3H3. The quantitative estimate of drug-likeness (QED) is 0.915. The van der Waals surface area contributed by atoms with Gasteiger partial charge < -0.3 is 10.5 Å². The smallest absolute Gasteiger partial charge is 0.132 e. The van der Waals surface area contributed by atoms with E-state index in [1.807, 2.05) is 32.0 Å². The Kier molecular flexibility index (Phi) is 3.86. The van der Waals surface area contributed by atoms with E-state index in [1.54, 1.807) is 12.1 Å². The Hall–Kier alpha value is -1.87. The van der Waals surface area contributed by atoms with Gasteiger partial charge in [0, 0.05) is 0 Å². The summed E-state index contributed by atoms with van der Waals surface area (Å²) >= 11 is 0. The topological polar surface area (TPSA) is 35.2 Å². The van der Waals surface area contributed by atoms with Crippen molar-refractivity contribution in [1.82, 2.24) is 0 Å². The van der Waals surface area contributed by atoms with E-state index in [0.717, 1.165) is 11.1 Å². The lowest BCUT2D eigenvalue weighted by atomic mass is 9.95. The Balaban J connectivity index is 2.49. The van der Waals surface area contributed by atoms with Crippen molar-refractivity contribution in [2.75, 3.05) is 7.11 Å². The van der Waals surface area contributed by atoms with Gasteiger partial charge in [0.2, 0.25) is 0 Å². The van der Waals surface area contributed by atoms with Crippen LogP contribution in [-0.2, 0) is 0 Å². The minimum Gasteiger partial charge on any atom is -0.496 e. The molecule has 2 aromatic rings. The van der Waals surface area contributed by atoms with Crippen LogP contribution in [0.15, 0.2) is 36.4 Å². The van der Waals surface area contributed by atoms with Gasteiger partial charge in [0.05, 0.1) is 18.7 Å². The van der Waals surface area contributed by atoms with E-state index in [2.05, 4.69) is 0 Å². The van der Waals surface area contributed by atoms with E-state index in [-0.39, 0.29) is 5.82 Å². The van der Waals surface area contributed by atoms with Crippen LogP contribution in [0.3, 0.4) is 0 Å². The van der Waals surface area contributed by atoms with Gasteiger partial charge in [0.15, 0.2) is 0 Å². The second kappa shape index (κ2) is 5.41. The van der Waals surface area contributed by atoms with Crippen LogP contribution in [0.4, 0.5) is 4.39 Å². The molecule has 0 fully saturated rings. The normalized spacial score (nSPS) is 12.3. The molecule has 0 amide bonds. The number of hydrogen-bond donors (Lipinski definition) is 1. The molecule has 0 saturated heterocycles. The molecule has 2 aromatic carbocycles. The molecule has 0 aliphatic heterocycles. The van der Waals surface area contributed by atoms with E-state index in [9.17, 15) is 4.39 Å². The Morgan fingerprint density at radius 2 is 1.84 bits per heavy atom. The third kappa shape index (κ3) is 2.61. The van der Waals surface area contributed by atoms with Crippen LogP contribution in [0.25, 0.3) is 0 Å². The number of benzene rings is 2. The molecule has 3 heteroatoms. The molecule has 2 N–H and O–H groups in total. The van der Waals surface area contributed by atoms with Crippen molar-refractivity contribution in [2.45, 2.75) is 19.9 Å². The van der Waals surface area contributed by atoms with E-state index < -0.39 is 6.04 Å². The summed E-state index contributed by atoms with van der Waals surface area (Å²) in [6, 6.07) is 10.1. The molecule has 0 bridgehead atoms. The highest BCUT2D eigenvalue weighted by Gasteiger charge is 2.18. The first-order chi connectivity index (χ1) is 9.04. The zero-order valence-corrected chi connectivity index (χ0v) is 11.4.